The molecule has 20 heavy (non-hydrogen) atoms. The van der Waals surface area contributed by atoms with Crippen LogP contribution in [0.15, 0.2) is 0 Å². The molecule has 0 atom stereocenters. The van der Waals surface area contributed by atoms with Gasteiger partial charge in [-0.3, -0.25) is 4.52 Å². The first-order valence-electron chi connectivity index (χ1n) is 7.96. The molecule has 0 amide bonds. The van der Waals surface area contributed by atoms with E-state index in [4.69, 9.17) is 15.5 Å². The molecule has 0 aromatic heterocycles. The van der Waals surface area contributed by atoms with Crippen LogP contribution in [0.4, 0.5) is 0 Å². The van der Waals surface area contributed by atoms with Crippen LogP contribution in [0.5, 0.6) is 0 Å². The van der Waals surface area contributed by atoms with Gasteiger partial charge in [0.1, 0.15) is 0 Å². The van der Waals surface area contributed by atoms with Crippen LogP contribution in [-0.2, 0) is 9.09 Å². The van der Waals surface area contributed by atoms with Gasteiger partial charge in [-0.1, -0.05) is 64.2 Å². The largest absolute Gasteiger partial charge is 0.469 e. The molecule has 6 heteroatoms. The zero-order valence-corrected chi connectivity index (χ0v) is 13.5. The van der Waals surface area contributed by atoms with Gasteiger partial charge in [0.2, 0.25) is 0 Å². The molecule has 0 aromatic rings. The predicted molar refractivity (Wildman–Crippen MR) is 82.5 cm³/mol. The summed E-state index contributed by atoms with van der Waals surface area (Å²) in [5, 5.41) is 0. The topological polar surface area (TPSA) is 92.8 Å². The quantitative estimate of drug-likeness (QED) is 0.316. The van der Waals surface area contributed by atoms with E-state index in [1.165, 1.54) is 51.4 Å². The zero-order valence-electron chi connectivity index (χ0n) is 12.6. The number of rotatable bonds is 15. The molecule has 0 spiro atoms. The van der Waals surface area contributed by atoms with E-state index < -0.39 is 7.82 Å². The minimum Gasteiger partial charge on any atom is -0.330 e. The van der Waals surface area contributed by atoms with Crippen LogP contribution in [0, 0.1) is 0 Å². The molecule has 0 radical (unpaired) electrons. The van der Waals surface area contributed by atoms with Crippen molar-refractivity contribution in [1.82, 2.24) is 0 Å². The van der Waals surface area contributed by atoms with E-state index in [2.05, 4.69) is 4.52 Å². The van der Waals surface area contributed by atoms with E-state index in [0.29, 0.717) is 0 Å². The number of unbranched alkanes of at least 4 members (excludes halogenated alkanes) is 11. The molecule has 0 saturated carbocycles. The second kappa shape index (κ2) is 14.0. The minimum atomic E-state index is -4.26. The highest BCUT2D eigenvalue weighted by molar-refractivity contribution is 7.46. The van der Waals surface area contributed by atoms with E-state index in [1.807, 2.05) is 0 Å². The first kappa shape index (κ1) is 20.1. The van der Waals surface area contributed by atoms with Gasteiger partial charge in [0.05, 0.1) is 6.61 Å². The van der Waals surface area contributed by atoms with E-state index in [0.717, 1.165) is 32.2 Å². The van der Waals surface area contributed by atoms with Crippen LogP contribution in [0.3, 0.4) is 0 Å². The van der Waals surface area contributed by atoms with Crippen LogP contribution in [0.2, 0.25) is 0 Å². The smallest absolute Gasteiger partial charge is 0.330 e. The lowest BCUT2D eigenvalue weighted by atomic mass is 10.1. The van der Waals surface area contributed by atoms with Gasteiger partial charge in [-0.15, -0.1) is 0 Å². The fourth-order valence-corrected chi connectivity index (χ4v) is 2.56. The molecule has 0 aliphatic rings. The van der Waals surface area contributed by atoms with Crippen molar-refractivity contribution in [3.05, 3.63) is 0 Å². The molecular weight excluding hydrogens is 277 g/mol. The number of phosphoric acid groups is 1. The molecular formula is C14H32NO4P. The fraction of sp³-hybridized carbons (Fsp3) is 1.00. The number of phosphoric ester groups is 1. The van der Waals surface area contributed by atoms with E-state index in [1.54, 1.807) is 0 Å². The van der Waals surface area contributed by atoms with E-state index >= 15 is 0 Å². The molecule has 0 rings (SSSR count). The average molecular weight is 309 g/mol. The maximum Gasteiger partial charge on any atom is 0.469 e. The van der Waals surface area contributed by atoms with Crippen LogP contribution < -0.4 is 5.73 Å². The van der Waals surface area contributed by atoms with Gasteiger partial charge >= 0.3 is 7.82 Å². The summed E-state index contributed by atoms with van der Waals surface area (Å²) in [5.74, 6) is 0. The third-order valence-corrected chi connectivity index (χ3v) is 3.88. The molecule has 0 unspecified atom stereocenters. The monoisotopic (exact) mass is 309 g/mol. The molecule has 0 aromatic carbocycles. The van der Waals surface area contributed by atoms with E-state index in [-0.39, 0.29) is 6.61 Å². The maximum atomic E-state index is 10.4. The summed E-state index contributed by atoms with van der Waals surface area (Å²) in [6, 6.07) is 0. The fourth-order valence-electron chi connectivity index (χ4n) is 2.20. The Bertz CT molecular complexity index is 245. The Labute approximate surface area is 123 Å². The van der Waals surface area contributed by atoms with Gasteiger partial charge in [-0.2, -0.15) is 0 Å². The van der Waals surface area contributed by atoms with Gasteiger partial charge < -0.3 is 15.5 Å². The Morgan fingerprint density at radius 2 is 1.05 bits per heavy atom. The summed E-state index contributed by atoms with van der Waals surface area (Å²) in [4.78, 5) is 17.0. The van der Waals surface area contributed by atoms with Gasteiger partial charge in [-0.25, -0.2) is 4.57 Å². The second-order valence-electron chi connectivity index (χ2n) is 5.36. The van der Waals surface area contributed by atoms with Gasteiger partial charge in [0.15, 0.2) is 0 Å². The third-order valence-electron chi connectivity index (χ3n) is 3.36. The van der Waals surface area contributed by atoms with Crippen LogP contribution >= 0.6 is 7.82 Å². The van der Waals surface area contributed by atoms with Crippen molar-refractivity contribution < 1.29 is 18.9 Å². The van der Waals surface area contributed by atoms with Crippen molar-refractivity contribution in [3.8, 4) is 0 Å². The third kappa shape index (κ3) is 18.1. The molecule has 4 N–H and O–H groups in total. The lowest BCUT2D eigenvalue weighted by Gasteiger charge is -2.05. The molecule has 0 heterocycles. The summed E-state index contributed by atoms with van der Waals surface area (Å²) in [5.41, 5.74) is 5.44. The van der Waals surface area contributed by atoms with Gasteiger partial charge in [-0.05, 0) is 19.4 Å². The van der Waals surface area contributed by atoms with Crippen LogP contribution in [-0.4, -0.2) is 22.9 Å². The molecule has 0 bridgehead atoms. The van der Waals surface area contributed by atoms with Crippen molar-refractivity contribution in [2.75, 3.05) is 13.2 Å². The van der Waals surface area contributed by atoms with Crippen molar-refractivity contribution in [2.45, 2.75) is 77.0 Å². The molecule has 5 nitrogen and oxygen atoms in total. The highest BCUT2D eigenvalue weighted by atomic mass is 31.2. The van der Waals surface area contributed by atoms with Crippen LogP contribution in [0.1, 0.15) is 77.0 Å². The highest BCUT2D eigenvalue weighted by Gasteiger charge is 2.12. The standard InChI is InChI=1S/C14H32NO4P/c15-13-11-9-7-5-3-1-2-4-6-8-10-12-14-19-20(16,17)18/h1-15H2,(H2,16,17,18). The molecule has 0 aliphatic heterocycles. The van der Waals surface area contributed by atoms with Crippen LogP contribution in [0.25, 0.3) is 0 Å². The minimum absolute atomic E-state index is 0.160. The van der Waals surface area contributed by atoms with Crippen molar-refractivity contribution in [2.24, 2.45) is 5.73 Å². The van der Waals surface area contributed by atoms with E-state index in [9.17, 15) is 4.57 Å². The SMILES string of the molecule is NCCCCCCCCCCCCCCOP(=O)(O)O. The Balaban J connectivity index is 3.01. The Kier molecular flexibility index (Phi) is 14.1. The predicted octanol–water partition coefficient (Wildman–Crippen LogP) is 3.74. The Morgan fingerprint density at radius 3 is 1.40 bits per heavy atom. The Morgan fingerprint density at radius 1 is 0.700 bits per heavy atom. The normalized spacial score (nSPS) is 11.9. The second-order valence-corrected chi connectivity index (χ2v) is 6.59. The highest BCUT2D eigenvalue weighted by Crippen LogP contribution is 2.35. The average Bonchev–Trinajstić information content (AvgIpc) is 2.38. The molecule has 0 aliphatic carbocycles. The van der Waals surface area contributed by atoms with Gasteiger partial charge in [0, 0.05) is 0 Å². The molecule has 0 fully saturated rings. The maximum absolute atomic E-state index is 10.4. The van der Waals surface area contributed by atoms with Gasteiger partial charge in [0.25, 0.3) is 0 Å². The first-order chi connectivity index (χ1) is 9.56. The summed E-state index contributed by atoms with van der Waals surface area (Å²) in [6.45, 7) is 0.978. The van der Waals surface area contributed by atoms with Crippen molar-refractivity contribution in [3.63, 3.8) is 0 Å². The molecule has 122 valence electrons. The van der Waals surface area contributed by atoms with Crippen molar-refractivity contribution in [1.29, 1.82) is 0 Å². The lowest BCUT2D eigenvalue weighted by molar-refractivity contribution is 0.193. The summed E-state index contributed by atoms with van der Waals surface area (Å²) >= 11 is 0. The first-order valence-corrected chi connectivity index (χ1v) is 9.49. The summed E-state index contributed by atoms with van der Waals surface area (Å²) < 4.78 is 14.8. The lowest BCUT2D eigenvalue weighted by Crippen LogP contribution is -1.97. The number of nitrogens with two attached hydrogens (primary N) is 1. The van der Waals surface area contributed by atoms with Crippen molar-refractivity contribution >= 4 is 7.82 Å². The number of hydrogen-bond donors (Lipinski definition) is 3. The zero-order chi connectivity index (χ0) is 15.1. The molecule has 0 saturated heterocycles. The summed E-state index contributed by atoms with van der Waals surface area (Å²) in [6.07, 6.45) is 14.4. The summed E-state index contributed by atoms with van der Waals surface area (Å²) in [7, 11) is -4.26. The number of hydrogen-bond acceptors (Lipinski definition) is 3. The Hall–Kier alpha value is 0.0700.